The van der Waals surface area contributed by atoms with E-state index in [1.165, 1.54) is 0 Å². The number of aromatic carboxylic acids is 1. The number of phenolic OH excluding ortho intramolecular Hbond substituents is 1. The molecule has 0 saturated heterocycles. The second kappa shape index (κ2) is 31.4. The van der Waals surface area contributed by atoms with Gasteiger partial charge in [0.2, 0.25) is 17.2 Å². The third kappa shape index (κ3) is 15.6. The summed E-state index contributed by atoms with van der Waals surface area (Å²) in [4.78, 5) is 66.3. The number of carboxylic acids is 1. The Morgan fingerprint density at radius 2 is 1.22 bits per heavy atom. The molecule has 97 heavy (non-hydrogen) atoms. The normalized spacial score (nSPS) is 11.5. The Kier molecular flexibility index (Phi) is 22.5. The number of thioether (sulfide) groups is 1. The van der Waals surface area contributed by atoms with E-state index in [2.05, 4.69) is 54.8 Å². The Balaban J connectivity index is 0.000000232. The second-order valence-corrected chi connectivity index (χ2v) is 23.2. The Morgan fingerprint density at radius 1 is 0.588 bits per heavy atom. The van der Waals surface area contributed by atoms with Crippen molar-refractivity contribution in [1.82, 2.24) is 30.6 Å². The quantitative estimate of drug-likeness (QED) is 0.0147. The van der Waals surface area contributed by atoms with Crippen molar-refractivity contribution >= 4 is 84.5 Å². The monoisotopic (exact) mass is 1410 g/mol. The first-order chi connectivity index (χ1) is 46.4. The maximum Gasteiger partial charge on any atom is 2.00 e. The number of hydrogen-bond acceptors (Lipinski definition) is 13. The molecule has 1 aliphatic heterocycles. The number of ether oxygens (including phenoxy) is 2. The standard InChI is InChI=1S/C44H40F4N4O9S.C18H10N2.C12H8N2.Rh/c1-23-6-8-49-30(16-23)31-17-25(7-9-50-31)4-3-5-36(55)51-10-12-59-14-15-60-13-11-52-37(56)22-62-43-41(47)24(2)38(44(57)58)40(42(43)48)39-26-18-28(45)32(53)20-34(26)61-35-21-33(54)29(46)19-27(35)39;19-17-15-8-4-3-7-13(15)14-10-9-11-5-1-2-6-12(11)16(14)18(17)20;1-3-9-5-6-10-4-2-8-14-12(10)11(9)13-7-1;/h6-9,16-21,53H,3-5,10-15,22H2,1-2H3,(H,51,55)(H,52,56)(H,57,58);1-10H;1-8H;/q;-2;;+2. The Bertz CT molecular complexity index is 5010. The molecule has 0 bridgehead atoms. The molecule has 5 heterocycles. The van der Waals surface area contributed by atoms with E-state index in [0.717, 1.165) is 85.3 Å². The third-order valence-electron chi connectivity index (χ3n) is 15.8. The average molecular weight is 1410 g/mol. The fourth-order valence-electron chi connectivity index (χ4n) is 11.2. The topological polar surface area (TPSA) is 261 Å². The number of pyridine rings is 4. The molecule has 491 valence electrons. The number of amides is 2. The number of nitrogens with one attached hydrogen (secondary N) is 2. The van der Waals surface area contributed by atoms with Gasteiger partial charge in [0.1, 0.15) is 23.0 Å². The van der Waals surface area contributed by atoms with Crippen molar-refractivity contribution in [2.75, 3.05) is 45.3 Å². The minimum atomic E-state index is -1.78. The summed E-state index contributed by atoms with van der Waals surface area (Å²) in [5.74, 6) is -9.55. The summed E-state index contributed by atoms with van der Waals surface area (Å²) in [5, 5.41) is 50.1. The van der Waals surface area contributed by atoms with Crippen LogP contribution in [0.3, 0.4) is 0 Å². The smallest absolute Gasteiger partial charge is 0.804 e. The van der Waals surface area contributed by atoms with E-state index >= 15 is 8.78 Å². The molecule has 0 spiro atoms. The van der Waals surface area contributed by atoms with Crippen LogP contribution in [-0.2, 0) is 45.0 Å². The first-order valence-corrected chi connectivity index (χ1v) is 31.3. The van der Waals surface area contributed by atoms with Crippen LogP contribution >= 0.6 is 11.8 Å². The molecule has 6 aromatic carbocycles. The van der Waals surface area contributed by atoms with Crippen molar-refractivity contribution in [3.63, 3.8) is 0 Å². The van der Waals surface area contributed by atoms with Crippen molar-refractivity contribution in [1.29, 1.82) is 0 Å². The van der Waals surface area contributed by atoms with Crippen molar-refractivity contribution in [3.8, 4) is 50.7 Å². The fraction of sp³-hybridized carbons (Fsp3) is 0.162. The number of halogens is 4. The number of aromatic hydroxyl groups is 1. The van der Waals surface area contributed by atoms with E-state index in [4.69, 9.17) is 13.9 Å². The summed E-state index contributed by atoms with van der Waals surface area (Å²) in [7, 11) is 0. The molecular weight excluding hydrogens is 1360 g/mol. The minimum absolute atomic E-state index is 0. The zero-order valence-corrected chi connectivity index (χ0v) is 54.4. The van der Waals surface area contributed by atoms with Crippen molar-refractivity contribution in [2.24, 2.45) is 0 Å². The molecule has 0 atom stereocenters. The summed E-state index contributed by atoms with van der Waals surface area (Å²) in [6.45, 7) is 4.12. The Morgan fingerprint density at radius 3 is 1.91 bits per heavy atom. The van der Waals surface area contributed by atoms with Crippen LogP contribution in [0.2, 0.25) is 0 Å². The van der Waals surface area contributed by atoms with E-state index < -0.39 is 79.2 Å². The molecule has 4 aromatic heterocycles. The second-order valence-electron chi connectivity index (χ2n) is 22.2. The number of phenols is 1. The molecule has 1 radical (unpaired) electrons. The van der Waals surface area contributed by atoms with Gasteiger partial charge in [0, 0.05) is 94.8 Å². The summed E-state index contributed by atoms with van der Waals surface area (Å²) in [6, 6.07) is 42.3. The van der Waals surface area contributed by atoms with Crippen molar-refractivity contribution in [3.05, 3.63) is 248 Å². The van der Waals surface area contributed by atoms with E-state index in [1.807, 2.05) is 104 Å². The number of carboxylic acid groups (broad SMARTS) is 1. The number of aryl methyl sites for hydroxylation is 2. The number of nitrogens with zero attached hydrogens (tertiary/aromatic N) is 6. The predicted molar refractivity (Wildman–Crippen MR) is 363 cm³/mol. The van der Waals surface area contributed by atoms with Gasteiger partial charge in [-0.05, 0) is 119 Å². The van der Waals surface area contributed by atoms with Crippen LogP contribution in [0.1, 0.15) is 51.0 Å². The molecule has 13 rings (SSSR count). The van der Waals surface area contributed by atoms with E-state index in [1.54, 1.807) is 24.8 Å². The fourth-order valence-corrected chi connectivity index (χ4v) is 12.1. The van der Waals surface area contributed by atoms with E-state index in [9.17, 15) is 49.0 Å². The number of benzene rings is 7. The van der Waals surface area contributed by atoms with E-state index in [-0.39, 0.29) is 92.1 Å². The molecule has 23 heteroatoms. The summed E-state index contributed by atoms with van der Waals surface area (Å²) in [6.07, 6.45) is 8.79. The van der Waals surface area contributed by atoms with Gasteiger partial charge in [-0.1, -0.05) is 84.9 Å². The van der Waals surface area contributed by atoms with Crippen LogP contribution in [0.5, 0.6) is 5.75 Å². The number of aromatic nitrogens is 4. The predicted octanol–water partition coefficient (Wildman–Crippen LogP) is 14.0. The Hall–Kier alpha value is -10.4. The Labute approximate surface area is 569 Å². The molecule has 10 aromatic rings. The largest absolute Gasteiger partial charge is 2.00 e. The van der Waals surface area contributed by atoms with Crippen molar-refractivity contribution in [2.45, 2.75) is 38.0 Å². The molecule has 3 aliphatic rings. The third-order valence-corrected chi connectivity index (χ3v) is 16.9. The summed E-state index contributed by atoms with van der Waals surface area (Å²) >= 11 is 0.420. The van der Waals surface area contributed by atoms with Crippen LogP contribution in [0.25, 0.3) is 99.3 Å². The van der Waals surface area contributed by atoms with Crippen molar-refractivity contribution < 1.29 is 75.5 Å². The molecular formula is C74H58F4N8O9RhS. The van der Waals surface area contributed by atoms with Crippen LogP contribution < -0.4 is 16.1 Å². The van der Waals surface area contributed by atoms with Gasteiger partial charge in [0.15, 0.2) is 17.4 Å². The molecule has 0 unspecified atom stereocenters. The minimum Gasteiger partial charge on any atom is -0.804 e. The summed E-state index contributed by atoms with van der Waals surface area (Å²) in [5.41, 5.74) is 4.42. The SMILES string of the molecule is Cc1ccnc(-c2cc(CCCC(=O)NCCOCCOCCNC(=O)CSc3c(F)c(C)c(C(=O)O)c(-c4c5cc(F)c(=O)cc-5oc5cc(O)c(F)cc45)c3F)ccn2)c1.[N-]=C1C(=[N-])c2c(ccc3ccccc23)-c2ccccc21.[Rh+2].c1cnc2c(c1)ccc1cccnc12. The maximum atomic E-state index is 16.6. The maximum absolute atomic E-state index is 16.6. The summed E-state index contributed by atoms with van der Waals surface area (Å²) < 4.78 is 78.1. The molecule has 4 N–H and O–H groups in total. The van der Waals surface area contributed by atoms with Crippen LogP contribution in [-0.4, -0.2) is 105 Å². The molecule has 2 aliphatic carbocycles. The van der Waals surface area contributed by atoms with Gasteiger partial charge >= 0.3 is 25.4 Å². The van der Waals surface area contributed by atoms with Gasteiger partial charge in [-0.2, -0.15) is 11.4 Å². The van der Waals surface area contributed by atoms with E-state index in [0.29, 0.717) is 60.8 Å². The van der Waals surface area contributed by atoms with Gasteiger partial charge in [-0.25, -0.2) is 22.4 Å². The van der Waals surface area contributed by atoms with Gasteiger partial charge in [-0.15, -0.1) is 11.8 Å². The zero-order chi connectivity index (χ0) is 67.6. The number of rotatable bonds is 19. The van der Waals surface area contributed by atoms with Crippen LogP contribution in [0.15, 0.2) is 184 Å². The number of hydrogen-bond donors (Lipinski definition) is 4. The van der Waals surface area contributed by atoms with Crippen LogP contribution in [0.4, 0.5) is 17.6 Å². The number of carbonyl (C=O) groups excluding carboxylic acids is 2. The first-order valence-electron chi connectivity index (χ1n) is 30.3. The van der Waals surface area contributed by atoms with Gasteiger partial charge < -0.3 is 45.6 Å². The van der Waals surface area contributed by atoms with Gasteiger partial charge in [0.25, 0.3) is 0 Å². The molecule has 2 amide bonds. The van der Waals surface area contributed by atoms with Gasteiger partial charge in [-0.3, -0.25) is 34.3 Å². The molecule has 0 saturated carbocycles. The number of carbonyl (C=O) groups is 3. The van der Waals surface area contributed by atoms with Gasteiger partial charge in [0.05, 0.1) is 65.1 Å². The molecule has 17 nitrogen and oxygen atoms in total. The first kappa shape index (κ1) is 69.4. The number of fused-ring (bicyclic) bond motifs is 10. The molecule has 0 fully saturated rings. The van der Waals surface area contributed by atoms with Crippen LogP contribution in [0, 0.1) is 37.1 Å². The zero-order valence-electron chi connectivity index (χ0n) is 51.9. The average Bonchev–Trinajstić information content (AvgIpc) is 0.736.